The average molecular weight is 351 g/mol. The van der Waals surface area contributed by atoms with Crippen molar-refractivity contribution >= 4 is 22.4 Å². The first kappa shape index (κ1) is 18.0. The third-order valence-corrected chi connectivity index (χ3v) is 5.06. The van der Waals surface area contributed by atoms with Crippen LogP contribution >= 0.6 is 11.6 Å². The van der Waals surface area contributed by atoms with Crippen molar-refractivity contribution in [1.29, 1.82) is 0 Å². The minimum atomic E-state index is 0.0805. The van der Waals surface area contributed by atoms with Gasteiger partial charge in [0, 0.05) is 5.02 Å². The molecular weight excluding hydrogens is 324 g/mol. The van der Waals surface area contributed by atoms with Crippen molar-refractivity contribution in [1.82, 2.24) is 0 Å². The summed E-state index contributed by atoms with van der Waals surface area (Å²) in [4.78, 5) is 0. The first-order valence-corrected chi connectivity index (χ1v) is 9.29. The van der Waals surface area contributed by atoms with E-state index in [2.05, 4.69) is 84.0 Å². The largest absolute Gasteiger partial charge is 0.0843 e. The number of hydrogen-bond donors (Lipinski definition) is 0. The molecule has 0 aromatic heterocycles. The molecule has 3 rings (SSSR count). The van der Waals surface area contributed by atoms with E-state index < -0.39 is 0 Å². The predicted octanol–water partition coefficient (Wildman–Crippen LogP) is 7.76. The van der Waals surface area contributed by atoms with Gasteiger partial charge >= 0.3 is 0 Å². The lowest BCUT2D eigenvalue weighted by molar-refractivity contribution is 0.591. The molecule has 0 saturated carbocycles. The van der Waals surface area contributed by atoms with E-state index in [4.69, 9.17) is 11.6 Å². The molecule has 0 heterocycles. The number of hydrogen-bond acceptors (Lipinski definition) is 0. The van der Waals surface area contributed by atoms with Crippen molar-refractivity contribution in [3.05, 3.63) is 70.7 Å². The first-order chi connectivity index (χ1) is 11.6. The predicted molar refractivity (Wildman–Crippen MR) is 112 cm³/mol. The van der Waals surface area contributed by atoms with Crippen LogP contribution in [0.5, 0.6) is 0 Å². The van der Waals surface area contributed by atoms with E-state index in [9.17, 15) is 0 Å². The molecule has 0 fully saturated rings. The maximum atomic E-state index is 6.11. The zero-order valence-electron chi connectivity index (χ0n) is 16.1. The molecule has 0 N–H and O–H groups in total. The van der Waals surface area contributed by atoms with Gasteiger partial charge in [-0.25, -0.2) is 0 Å². The van der Waals surface area contributed by atoms with Gasteiger partial charge in [-0.2, -0.15) is 0 Å². The van der Waals surface area contributed by atoms with Crippen molar-refractivity contribution in [2.45, 2.75) is 52.4 Å². The SMILES string of the molecule is CC(C)(C)c1ccc(-c2ccc(Cl)cc2)c2c(C(C)(C)C)cccc12. The van der Waals surface area contributed by atoms with Gasteiger partial charge in [-0.05, 0) is 56.0 Å². The van der Waals surface area contributed by atoms with E-state index in [1.165, 1.54) is 33.0 Å². The fourth-order valence-corrected chi connectivity index (χ4v) is 3.68. The number of benzene rings is 3. The lowest BCUT2D eigenvalue weighted by atomic mass is 9.77. The lowest BCUT2D eigenvalue weighted by Crippen LogP contribution is -2.15. The molecule has 0 bridgehead atoms. The standard InChI is InChI=1S/C24H27Cl/c1-23(2,3)20-15-14-18(16-10-12-17(25)13-11-16)22-19(20)8-7-9-21(22)24(4,5)6/h7-15H,1-6H3. The van der Waals surface area contributed by atoms with Crippen LogP contribution in [0.2, 0.25) is 5.02 Å². The Kier molecular flexibility index (Phi) is 4.45. The first-order valence-electron chi connectivity index (χ1n) is 8.92. The van der Waals surface area contributed by atoms with Gasteiger partial charge in [0.05, 0.1) is 0 Å². The fraction of sp³-hybridized carbons (Fsp3) is 0.333. The minimum absolute atomic E-state index is 0.0805. The molecule has 3 aromatic rings. The Bertz CT molecular complexity index is 904. The van der Waals surface area contributed by atoms with E-state index in [1.54, 1.807) is 0 Å². The molecule has 1 heteroatoms. The second-order valence-electron chi connectivity index (χ2n) is 8.90. The van der Waals surface area contributed by atoms with Crippen molar-refractivity contribution in [3.63, 3.8) is 0 Å². The summed E-state index contributed by atoms with van der Waals surface area (Å²) in [7, 11) is 0. The van der Waals surface area contributed by atoms with Crippen LogP contribution in [-0.4, -0.2) is 0 Å². The van der Waals surface area contributed by atoms with E-state index >= 15 is 0 Å². The summed E-state index contributed by atoms with van der Waals surface area (Å²) in [5.74, 6) is 0. The van der Waals surface area contributed by atoms with Crippen LogP contribution in [0.3, 0.4) is 0 Å². The highest BCUT2D eigenvalue weighted by molar-refractivity contribution is 6.30. The summed E-state index contributed by atoms with van der Waals surface area (Å²) in [5, 5.41) is 3.49. The molecule has 0 radical (unpaired) electrons. The number of fused-ring (bicyclic) bond motifs is 1. The summed E-state index contributed by atoms with van der Waals surface area (Å²) in [6, 6.07) is 19.5. The summed E-state index contributed by atoms with van der Waals surface area (Å²) >= 11 is 6.11. The Labute approximate surface area is 156 Å². The molecule has 0 spiro atoms. The zero-order valence-corrected chi connectivity index (χ0v) is 16.8. The quantitative estimate of drug-likeness (QED) is 0.420. The highest BCUT2D eigenvalue weighted by Crippen LogP contribution is 2.41. The third kappa shape index (κ3) is 3.46. The highest BCUT2D eigenvalue weighted by Gasteiger charge is 2.23. The Morgan fingerprint density at radius 3 is 1.80 bits per heavy atom. The number of rotatable bonds is 1. The minimum Gasteiger partial charge on any atom is -0.0843 e. The zero-order chi connectivity index (χ0) is 18.4. The Hall–Kier alpha value is -1.79. The Balaban J connectivity index is 2.44. The van der Waals surface area contributed by atoms with Crippen LogP contribution in [0.1, 0.15) is 52.7 Å². The average Bonchev–Trinajstić information content (AvgIpc) is 2.52. The van der Waals surface area contributed by atoms with Crippen LogP contribution in [0.4, 0.5) is 0 Å². The Morgan fingerprint density at radius 1 is 0.640 bits per heavy atom. The van der Waals surface area contributed by atoms with E-state index in [1.807, 2.05) is 12.1 Å². The van der Waals surface area contributed by atoms with Crippen LogP contribution < -0.4 is 0 Å². The second-order valence-corrected chi connectivity index (χ2v) is 9.33. The molecule has 0 aliphatic heterocycles. The van der Waals surface area contributed by atoms with Gasteiger partial charge in [0.2, 0.25) is 0 Å². The van der Waals surface area contributed by atoms with E-state index in [-0.39, 0.29) is 10.8 Å². The molecule has 0 atom stereocenters. The van der Waals surface area contributed by atoms with Crippen LogP contribution in [0, 0.1) is 0 Å². The van der Waals surface area contributed by atoms with Gasteiger partial charge in [0.15, 0.2) is 0 Å². The van der Waals surface area contributed by atoms with Crippen LogP contribution in [0.25, 0.3) is 21.9 Å². The molecule has 0 nitrogen and oxygen atoms in total. The van der Waals surface area contributed by atoms with Crippen molar-refractivity contribution < 1.29 is 0 Å². The van der Waals surface area contributed by atoms with Gasteiger partial charge in [-0.15, -0.1) is 0 Å². The molecule has 0 aliphatic carbocycles. The summed E-state index contributed by atoms with van der Waals surface area (Å²) in [6.45, 7) is 13.7. The topological polar surface area (TPSA) is 0 Å². The molecule has 0 saturated heterocycles. The van der Waals surface area contributed by atoms with E-state index in [0.29, 0.717) is 0 Å². The molecule has 25 heavy (non-hydrogen) atoms. The summed E-state index contributed by atoms with van der Waals surface area (Å²) < 4.78 is 0. The Morgan fingerprint density at radius 2 is 1.24 bits per heavy atom. The highest BCUT2D eigenvalue weighted by atomic mass is 35.5. The van der Waals surface area contributed by atoms with Gasteiger partial charge < -0.3 is 0 Å². The molecule has 3 aromatic carbocycles. The summed E-state index contributed by atoms with van der Waals surface area (Å²) in [5.41, 5.74) is 5.47. The maximum Gasteiger partial charge on any atom is 0.0406 e. The second kappa shape index (κ2) is 6.18. The lowest BCUT2D eigenvalue weighted by Gasteiger charge is -2.27. The van der Waals surface area contributed by atoms with Gasteiger partial charge in [0.1, 0.15) is 0 Å². The molecule has 0 amide bonds. The van der Waals surface area contributed by atoms with Crippen molar-refractivity contribution in [3.8, 4) is 11.1 Å². The fourth-order valence-electron chi connectivity index (χ4n) is 3.56. The molecule has 130 valence electrons. The monoisotopic (exact) mass is 350 g/mol. The smallest absolute Gasteiger partial charge is 0.0406 e. The normalized spacial score (nSPS) is 12.6. The molecule has 0 aliphatic rings. The van der Waals surface area contributed by atoms with Crippen LogP contribution in [0.15, 0.2) is 54.6 Å². The van der Waals surface area contributed by atoms with Crippen LogP contribution in [-0.2, 0) is 10.8 Å². The van der Waals surface area contributed by atoms with Crippen molar-refractivity contribution in [2.75, 3.05) is 0 Å². The number of halogens is 1. The third-order valence-electron chi connectivity index (χ3n) is 4.81. The molecular formula is C24H27Cl. The van der Waals surface area contributed by atoms with Gasteiger partial charge in [0.25, 0.3) is 0 Å². The van der Waals surface area contributed by atoms with Gasteiger partial charge in [-0.1, -0.05) is 95.6 Å². The van der Waals surface area contributed by atoms with Crippen molar-refractivity contribution in [2.24, 2.45) is 0 Å². The van der Waals surface area contributed by atoms with Gasteiger partial charge in [-0.3, -0.25) is 0 Å². The van der Waals surface area contributed by atoms with E-state index in [0.717, 1.165) is 5.02 Å². The molecule has 0 unspecified atom stereocenters. The maximum absolute atomic E-state index is 6.11. The summed E-state index contributed by atoms with van der Waals surface area (Å²) in [6.07, 6.45) is 0.